The Morgan fingerprint density at radius 2 is 2.36 bits per heavy atom. The molecule has 136 valence electrons. The van der Waals surface area contributed by atoms with Crippen molar-refractivity contribution >= 4 is 11.8 Å². The summed E-state index contributed by atoms with van der Waals surface area (Å²) in [5, 5.41) is 3.12. The van der Waals surface area contributed by atoms with Gasteiger partial charge in [-0.3, -0.25) is 14.6 Å². The van der Waals surface area contributed by atoms with Crippen molar-refractivity contribution in [1.82, 2.24) is 15.2 Å². The van der Waals surface area contributed by atoms with Crippen LogP contribution in [0.3, 0.4) is 0 Å². The number of carbonyl (C=O) groups excluding carboxylic acids is 2. The molecule has 1 saturated heterocycles. The number of piperidine rings is 1. The maximum Gasteiger partial charge on any atom is 0.224 e. The van der Waals surface area contributed by atoms with Crippen LogP contribution in [-0.4, -0.2) is 54.5 Å². The van der Waals surface area contributed by atoms with Crippen molar-refractivity contribution in [1.29, 1.82) is 0 Å². The van der Waals surface area contributed by atoms with E-state index in [9.17, 15) is 9.59 Å². The Morgan fingerprint density at radius 1 is 1.48 bits per heavy atom. The summed E-state index contributed by atoms with van der Waals surface area (Å²) in [6, 6.07) is 3.98. The first kappa shape index (κ1) is 17.9. The largest absolute Gasteiger partial charge is 0.383 e. The first-order valence-electron chi connectivity index (χ1n) is 9.09. The summed E-state index contributed by atoms with van der Waals surface area (Å²) in [5.41, 5.74) is 0.938. The summed E-state index contributed by atoms with van der Waals surface area (Å²) in [5.74, 6) is 0.245. The lowest BCUT2D eigenvalue weighted by Crippen LogP contribution is -2.56. The molecule has 6 heteroatoms. The Kier molecular flexibility index (Phi) is 5.68. The van der Waals surface area contributed by atoms with E-state index >= 15 is 0 Å². The Hall–Kier alpha value is -1.95. The van der Waals surface area contributed by atoms with Crippen molar-refractivity contribution in [3.63, 3.8) is 0 Å². The van der Waals surface area contributed by atoms with E-state index < -0.39 is 0 Å². The van der Waals surface area contributed by atoms with E-state index in [1.54, 1.807) is 19.5 Å². The first-order valence-corrected chi connectivity index (χ1v) is 9.09. The van der Waals surface area contributed by atoms with Crippen molar-refractivity contribution in [3.05, 3.63) is 30.1 Å². The van der Waals surface area contributed by atoms with Crippen LogP contribution in [0.15, 0.2) is 24.5 Å². The van der Waals surface area contributed by atoms with Crippen LogP contribution in [0.1, 0.15) is 37.7 Å². The third kappa shape index (κ3) is 4.00. The number of ether oxygens (including phenoxy) is 1. The fourth-order valence-corrected chi connectivity index (χ4v) is 4.36. The highest BCUT2D eigenvalue weighted by Crippen LogP contribution is 2.47. The number of aromatic nitrogens is 1. The summed E-state index contributed by atoms with van der Waals surface area (Å²) in [6.45, 7) is 1.85. The maximum absolute atomic E-state index is 12.3. The molecule has 25 heavy (non-hydrogen) atoms. The molecule has 1 aromatic rings. The van der Waals surface area contributed by atoms with Crippen molar-refractivity contribution in [2.24, 2.45) is 5.41 Å². The van der Waals surface area contributed by atoms with Crippen molar-refractivity contribution in [2.75, 3.05) is 26.8 Å². The van der Waals surface area contributed by atoms with Gasteiger partial charge in [0.1, 0.15) is 0 Å². The Balaban J connectivity index is 1.61. The predicted molar refractivity (Wildman–Crippen MR) is 93.8 cm³/mol. The molecule has 1 aromatic heterocycles. The van der Waals surface area contributed by atoms with E-state index in [1.807, 2.05) is 17.0 Å². The smallest absolute Gasteiger partial charge is 0.224 e. The number of fused-ring (bicyclic) bond motifs is 1. The highest BCUT2D eigenvalue weighted by molar-refractivity contribution is 5.79. The zero-order valence-electron chi connectivity index (χ0n) is 14.9. The zero-order valence-corrected chi connectivity index (χ0v) is 14.9. The average molecular weight is 345 g/mol. The molecular weight excluding hydrogens is 318 g/mol. The molecule has 0 bridgehead atoms. The monoisotopic (exact) mass is 345 g/mol. The lowest BCUT2D eigenvalue weighted by Gasteiger charge is -2.46. The molecule has 0 radical (unpaired) electrons. The fourth-order valence-electron chi connectivity index (χ4n) is 4.36. The molecule has 0 spiro atoms. The number of methoxy groups -OCH3 is 1. The molecule has 3 rings (SSSR count). The van der Waals surface area contributed by atoms with Gasteiger partial charge in [0.05, 0.1) is 13.0 Å². The highest BCUT2D eigenvalue weighted by Gasteiger charge is 2.50. The van der Waals surface area contributed by atoms with E-state index in [0.29, 0.717) is 32.5 Å². The Labute approximate surface area is 148 Å². The van der Waals surface area contributed by atoms with Gasteiger partial charge >= 0.3 is 0 Å². The maximum atomic E-state index is 12.3. The van der Waals surface area contributed by atoms with E-state index in [2.05, 4.69) is 10.3 Å². The third-order valence-corrected chi connectivity index (χ3v) is 5.65. The van der Waals surface area contributed by atoms with Crippen LogP contribution in [0.4, 0.5) is 0 Å². The van der Waals surface area contributed by atoms with Crippen LogP contribution in [-0.2, 0) is 20.7 Å². The molecule has 1 N–H and O–H groups in total. The van der Waals surface area contributed by atoms with E-state index in [0.717, 1.165) is 31.2 Å². The molecule has 2 fully saturated rings. The summed E-state index contributed by atoms with van der Waals surface area (Å²) >= 11 is 0. The lowest BCUT2D eigenvalue weighted by molar-refractivity contribution is -0.142. The number of amides is 2. The minimum Gasteiger partial charge on any atom is -0.383 e. The number of likely N-dealkylation sites (tertiary alicyclic amines) is 1. The summed E-state index contributed by atoms with van der Waals surface area (Å²) in [7, 11) is 1.66. The average Bonchev–Trinajstić information content (AvgIpc) is 3.05. The van der Waals surface area contributed by atoms with Crippen molar-refractivity contribution in [2.45, 2.75) is 44.6 Å². The van der Waals surface area contributed by atoms with Gasteiger partial charge in [-0.05, 0) is 30.9 Å². The van der Waals surface area contributed by atoms with Crippen molar-refractivity contribution in [3.8, 4) is 0 Å². The van der Waals surface area contributed by atoms with E-state index in [-0.39, 0.29) is 23.3 Å². The Morgan fingerprint density at radius 3 is 3.12 bits per heavy atom. The second-order valence-corrected chi connectivity index (χ2v) is 7.17. The van der Waals surface area contributed by atoms with Gasteiger partial charge in [0, 0.05) is 50.5 Å². The first-order chi connectivity index (χ1) is 12.1. The quantitative estimate of drug-likeness (QED) is 0.814. The molecule has 0 unspecified atom stereocenters. The molecule has 6 nitrogen and oxygen atoms in total. The number of nitrogens with zero attached hydrogens (tertiary/aromatic N) is 2. The van der Waals surface area contributed by atoms with Gasteiger partial charge < -0.3 is 15.0 Å². The molecule has 2 amide bonds. The SMILES string of the molecule is COCCN1C(=O)CC[C@]2(CNC(=O)Cc3cccnc3)CCC[C@@H]12. The molecule has 1 aliphatic carbocycles. The standard InChI is InChI=1S/C19H27N3O3/c1-25-11-10-22-16-5-2-7-19(16,8-6-18(22)24)14-21-17(23)12-15-4-3-9-20-13-15/h3-4,9,13,16H,2,5-8,10-12,14H2,1H3,(H,21,23)/t16-,19+/m1/s1. The molecule has 2 aliphatic rings. The number of nitrogens with one attached hydrogen (secondary N) is 1. The third-order valence-electron chi connectivity index (χ3n) is 5.65. The summed E-state index contributed by atoms with van der Waals surface area (Å²) < 4.78 is 5.17. The number of pyridine rings is 1. The lowest BCUT2D eigenvalue weighted by atomic mass is 9.74. The predicted octanol–water partition coefficient (Wildman–Crippen LogP) is 1.55. The number of hydrogen-bond donors (Lipinski definition) is 1. The van der Waals surface area contributed by atoms with Crippen LogP contribution in [0.2, 0.25) is 0 Å². The normalized spacial score (nSPS) is 25.7. The minimum atomic E-state index is 0.0201. The number of hydrogen-bond acceptors (Lipinski definition) is 4. The summed E-state index contributed by atoms with van der Waals surface area (Å²) in [4.78, 5) is 30.7. The number of rotatable bonds is 7. The molecule has 2 heterocycles. The van der Waals surface area contributed by atoms with Gasteiger partial charge in [-0.2, -0.15) is 0 Å². The second-order valence-electron chi connectivity index (χ2n) is 7.17. The zero-order chi connectivity index (χ0) is 17.7. The van der Waals surface area contributed by atoms with Crippen LogP contribution in [0.5, 0.6) is 0 Å². The highest BCUT2D eigenvalue weighted by atomic mass is 16.5. The van der Waals surface area contributed by atoms with E-state index in [4.69, 9.17) is 4.74 Å². The minimum absolute atomic E-state index is 0.0201. The molecular formula is C19H27N3O3. The topological polar surface area (TPSA) is 71.5 Å². The van der Waals surface area contributed by atoms with Crippen LogP contribution in [0.25, 0.3) is 0 Å². The Bertz CT molecular complexity index is 607. The van der Waals surface area contributed by atoms with Gasteiger partial charge in [0.25, 0.3) is 0 Å². The second kappa shape index (κ2) is 7.95. The van der Waals surface area contributed by atoms with Gasteiger partial charge in [-0.25, -0.2) is 0 Å². The van der Waals surface area contributed by atoms with Crippen LogP contribution in [0, 0.1) is 5.41 Å². The summed E-state index contributed by atoms with van der Waals surface area (Å²) in [6.07, 6.45) is 8.42. The van der Waals surface area contributed by atoms with Gasteiger partial charge in [-0.1, -0.05) is 12.5 Å². The van der Waals surface area contributed by atoms with Gasteiger partial charge in [-0.15, -0.1) is 0 Å². The van der Waals surface area contributed by atoms with Crippen LogP contribution < -0.4 is 5.32 Å². The van der Waals surface area contributed by atoms with Gasteiger partial charge in [0.15, 0.2) is 0 Å². The molecule has 1 aliphatic heterocycles. The van der Waals surface area contributed by atoms with Crippen molar-refractivity contribution < 1.29 is 14.3 Å². The molecule has 0 aromatic carbocycles. The van der Waals surface area contributed by atoms with Gasteiger partial charge in [0.2, 0.25) is 11.8 Å². The van der Waals surface area contributed by atoms with E-state index in [1.165, 1.54) is 0 Å². The molecule has 2 atom stereocenters. The molecule has 1 saturated carbocycles. The fraction of sp³-hybridized carbons (Fsp3) is 0.632. The number of carbonyl (C=O) groups is 2. The van der Waals surface area contributed by atoms with Crippen LogP contribution >= 0.6 is 0 Å².